The van der Waals surface area contributed by atoms with Gasteiger partial charge in [0.25, 0.3) is 0 Å². The lowest BCUT2D eigenvalue weighted by Crippen LogP contribution is -2.52. The first kappa shape index (κ1) is 15.4. The van der Waals surface area contributed by atoms with Gasteiger partial charge in [0.05, 0.1) is 5.60 Å². The average Bonchev–Trinajstić information content (AvgIpc) is 2.27. The molecule has 0 spiro atoms. The fourth-order valence-electron chi connectivity index (χ4n) is 1.90. The van der Waals surface area contributed by atoms with E-state index in [1.165, 1.54) is 0 Å². The lowest BCUT2D eigenvalue weighted by Gasteiger charge is -2.40. The van der Waals surface area contributed by atoms with Gasteiger partial charge < -0.3 is 15.2 Å². The minimum absolute atomic E-state index is 0.0230. The highest BCUT2D eigenvalue weighted by atomic mass is 16.5. The Morgan fingerprint density at radius 3 is 2.42 bits per heavy atom. The van der Waals surface area contributed by atoms with Crippen LogP contribution < -0.4 is 10.6 Å². The lowest BCUT2D eigenvalue weighted by atomic mass is 9.80. The van der Waals surface area contributed by atoms with E-state index in [-0.39, 0.29) is 24.9 Å². The summed E-state index contributed by atoms with van der Waals surface area (Å²) in [6.45, 7) is 0.373. The first-order chi connectivity index (χ1) is 8.97. The lowest BCUT2D eigenvalue weighted by molar-refractivity contribution is -0.137. The van der Waals surface area contributed by atoms with E-state index in [0.29, 0.717) is 6.54 Å². The number of nitrogens with one attached hydrogen (secondary N) is 2. The summed E-state index contributed by atoms with van der Waals surface area (Å²) in [4.78, 5) is 33.0. The third-order valence-electron chi connectivity index (χ3n) is 3.32. The maximum Gasteiger partial charge on any atom is 0.321 e. The van der Waals surface area contributed by atoms with Crippen molar-refractivity contribution in [1.82, 2.24) is 10.6 Å². The molecule has 0 heterocycles. The van der Waals surface area contributed by atoms with Crippen molar-refractivity contribution in [2.45, 2.75) is 44.1 Å². The molecule has 7 heteroatoms. The fraction of sp³-hybridized carbons (Fsp3) is 0.750. The number of aliphatic carboxylic acids is 1. The van der Waals surface area contributed by atoms with Crippen molar-refractivity contribution in [3.05, 3.63) is 0 Å². The second-order valence-electron chi connectivity index (χ2n) is 4.72. The molecule has 19 heavy (non-hydrogen) atoms. The summed E-state index contributed by atoms with van der Waals surface area (Å²) in [5, 5.41) is 13.2. The van der Waals surface area contributed by atoms with Crippen LogP contribution >= 0.6 is 0 Å². The van der Waals surface area contributed by atoms with Crippen LogP contribution in [0.1, 0.15) is 38.5 Å². The summed E-state index contributed by atoms with van der Waals surface area (Å²) in [7, 11) is 1.61. The summed E-state index contributed by atoms with van der Waals surface area (Å²) < 4.78 is 5.33. The second-order valence-corrected chi connectivity index (χ2v) is 4.72. The summed E-state index contributed by atoms with van der Waals surface area (Å²) in [5.74, 6) is -1.43. The molecular formula is C12H20N2O5. The fourth-order valence-corrected chi connectivity index (χ4v) is 1.90. The molecule has 0 aromatic rings. The van der Waals surface area contributed by atoms with E-state index < -0.39 is 17.9 Å². The van der Waals surface area contributed by atoms with Gasteiger partial charge in [0, 0.05) is 26.5 Å². The normalized spacial score (nSPS) is 16.3. The van der Waals surface area contributed by atoms with Gasteiger partial charge in [0.15, 0.2) is 0 Å². The molecule has 1 aliphatic rings. The number of carbonyl (C=O) groups excluding carboxylic acids is 2. The molecule has 1 rings (SSSR count). The Morgan fingerprint density at radius 1 is 1.26 bits per heavy atom. The smallest absolute Gasteiger partial charge is 0.321 e. The molecule has 0 aromatic heterocycles. The van der Waals surface area contributed by atoms with Crippen LogP contribution in [0.15, 0.2) is 0 Å². The Balaban J connectivity index is 2.16. The van der Waals surface area contributed by atoms with E-state index in [9.17, 15) is 14.4 Å². The molecule has 1 saturated carbocycles. The first-order valence-corrected chi connectivity index (χ1v) is 6.32. The van der Waals surface area contributed by atoms with Crippen molar-refractivity contribution in [1.29, 1.82) is 0 Å². The van der Waals surface area contributed by atoms with Gasteiger partial charge in [-0.25, -0.2) is 4.79 Å². The van der Waals surface area contributed by atoms with Gasteiger partial charge in [-0.05, 0) is 25.7 Å². The van der Waals surface area contributed by atoms with Crippen molar-refractivity contribution in [3.63, 3.8) is 0 Å². The van der Waals surface area contributed by atoms with E-state index in [1.807, 2.05) is 0 Å². The monoisotopic (exact) mass is 272 g/mol. The second kappa shape index (κ2) is 7.08. The SMILES string of the molecule is COC1(CNC(=O)NC(=O)CCCC(=O)O)CCC1. The van der Waals surface area contributed by atoms with Gasteiger partial charge in [0.2, 0.25) is 5.91 Å². The highest BCUT2D eigenvalue weighted by Gasteiger charge is 2.37. The molecule has 0 bridgehead atoms. The minimum Gasteiger partial charge on any atom is -0.481 e. The molecule has 0 aliphatic heterocycles. The maximum absolute atomic E-state index is 11.4. The standard InChI is InChI=1S/C12H20N2O5/c1-19-12(6-3-7-12)8-13-11(18)14-9(15)4-2-5-10(16)17/h2-8H2,1H3,(H,16,17)(H2,13,14,15,18). The number of carbonyl (C=O) groups is 3. The zero-order valence-corrected chi connectivity index (χ0v) is 11.0. The van der Waals surface area contributed by atoms with Crippen LogP contribution in [0, 0.1) is 0 Å². The quantitative estimate of drug-likeness (QED) is 0.630. The zero-order chi connectivity index (χ0) is 14.3. The maximum atomic E-state index is 11.4. The van der Waals surface area contributed by atoms with Crippen LogP contribution in [0.5, 0.6) is 0 Å². The topological polar surface area (TPSA) is 105 Å². The number of hydrogen-bond donors (Lipinski definition) is 3. The molecule has 1 fully saturated rings. The number of methoxy groups -OCH3 is 1. The summed E-state index contributed by atoms with van der Waals surface area (Å²) in [6, 6.07) is -0.566. The van der Waals surface area contributed by atoms with Crippen molar-refractivity contribution in [2.24, 2.45) is 0 Å². The Kier molecular flexibility index (Phi) is 5.75. The van der Waals surface area contributed by atoms with Gasteiger partial charge in [-0.15, -0.1) is 0 Å². The summed E-state index contributed by atoms with van der Waals surface area (Å²) in [5.41, 5.74) is -0.288. The molecule has 0 radical (unpaired) electrons. The van der Waals surface area contributed by atoms with E-state index in [0.717, 1.165) is 19.3 Å². The van der Waals surface area contributed by atoms with Crippen LogP contribution in [0.25, 0.3) is 0 Å². The molecule has 0 unspecified atom stereocenters. The van der Waals surface area contributed by atoms with Crippen molar-refractivity contribution in [2.75, 3.05) is 13.7 Å². The first-order valence-electron chi connectivity index (χ1n) is 6.32. The zero-order valence-electron chi connectivity index (χ0n) is 11.0. The van der Waals surface area contributed by atoms with Crippen LogP contribution in [0.2, 0.25) is 0 Å². The predicted molar refractivity (Wildman–Crippen MR) is 66.6 cm³/mol. The Hall–Kier alpha value is -1.63. The Labute approximate surface area is 111 Å². The third-order valence-corrected chi connectivity index (χ3v) is 3.32. The molecule has 3 N–H and O–H groups in total. The number of rotatable bonds is 7. The van der Waals surface area contributed by atoms with E-state index in [4.69, 9.17) is 9.84 Å². The summed E-state index contributed by atoms with van der Waals surface area (Å²) in [6.07, 6.45) is 3.03. The molecule has 0 atom stereocenters. The van der Waals surface area contributed by atoms with E-state index in [2.05, 4.69) is 10.6 Å². The molecule has 0 aromatic carbocycles. The number of amides is 3. The van der Waals surface area contributed by atoms with E-state index >= 15 is 0 Å². The van der Waals surface area contributed by atoms with Crippen molar-refractivity contribution in [3.8, 4) is 0 Å². The largest absolute Gasteiger partial charge is 0.481 e. The van der Waals surface area contributed by atoms with Gasteiger partial charge in [-0.1, -0.05) is 0 Å². The molecule has 3 amide bonds. The van der Waals surface area contributed by atoms with Gasteiger partial charge >= 0.3 is 12.0 Å². The number of carboxylic acids is 1. The Morgan fingerprint density at radius 2 is 1.95 bits per heavy atom. The number of hydrogen-bond acceptors (Lipinski definition) is 4. The van der Waals surface area contributed by atoms with Crippen LogP contribution in [-0.2, 0) is 14.3 Å². The van der Waals surface area contributed by atoms with Gasteiger partial charge in [-0.3, -0.25) is 14.9 Å². The van der Waals surface area contributed by atoms with E-state index in [1.54, 1.807) is 7.11 Å². The third kappa shape index (κ3) is 5.25. The van der Waals surface area contributed by atoms with Crippen LogP contribution in [0.3, 0.4) is 0 Å². The minimum atomic E-state index is -0.954. The highest BCUT2D eigenvalue weighted by Crippen LogP contribution is 2.34. The molecule has 1 aliphatic carbocycles. The molecule has 108 valence electrons. The van der Waals surface area contributed by atoms with Crippen LogP contribution in [0.4, 0.5) is 4.79 Å². The Bertz CT molecular complexity index is 347. The number of urea groups is 1. The number of imide groups is 1. The highest BCUT2D eigenvalue weighted by molar-refractivity contribution is 5.94. The van der Waals surface area contributed by atoms with Gasteiger partial charge in [-0.2, -0.15) is 0 Å². The molecule has 7 nitrogen and oxygen atoms in total. The van der Waals surface area contributed by atoms with Crippen molar-refractivity contribution >= 4 is 17.9 Å². The summed E-state index contributed by atoms with van der Waals surface area (Å²) >= 11 is 0. The van der Waals surface area contributed by atoms with Crippen molar-refractivity contribution < 1.29 is 24.2 Å². The predicted octanol–water partition coefficient (Wildman–Crippen LogP) is 0.636. The average molecular weight is 272 g/mol. The van der Waals surface area contributed by atoms with Crippen LogP contribution in [-0.4, -0.2) is 42.3 Å². The number of carboxylic acid groups (broad SMARTS) is 1. The number of ether oxygens (including phenoxy) is 1. The molecular weight excluding hydrogens is 252 g/mol. The molecule has 0 saturated heterocycles. The van der Waals surface area contributed by atoms with Gasteiger partial charge in [0.1, 0.15) is 0 Å².